The lowest BCUT2D eigenvalue weighted by Crippen LogP contribution is -2.60. The number of unbranched alkanes of at least 4 members (excludes halogenated alkanes) is 33. The molecule has 7 unspecified atom stereocenters. The maximum Gasteiger partial charge on any atom is 0.220 e. The zero-order chi connectivity index (χ0) is 50.8. The Labute approximate surface area is 431 Å². The van der Waals surface area contributed by atoms with Gasteiger partial charge >= 0.3 is 0 Å². The Bertz CT molecular complexity index is 1240. The molecule has 9 nitrogen and oxygen atoms in total. The van der Waals surface area contributed by atoms with E-state index in [1.807, 2.05) is 0 Å². The van der Waals surface area contributed by atoms with E-state index in [9.17, 15) is 30.3 Å². The van der Waals surface area contributed by atoms with Crippen LogP contribution in [0.25, 0.3) is 0 Å². The Morgan fingerprint density at radius 3 is 1.31 bits per heavy atom. The van der Waals surface area contributed by atoms with Crippen molar-refractivity contribution in [1.82, 2.24) is 5.32 Å². The van der Waals surface area contributed by atoms with Gasteiger partial charge in [0.1, 0.15) is 24.4 Å². The summed E-state index contributed by atoms with van der Waals surface area (Å²) in [6.45, 7) is 3.76. The summed E-state index contributed by atoms with van der Waals surface area (Å²) >= 11 is 0. The molecule has 0 radical (unpaired) electrons. The average molecular weight is 989 g/mol. The van der Waals surface area contributed by atoms with E-state index in [0.717, 1.165) is 64.2 Å². The van der Waals surface area contributed by atoms with Gasteiger partial charge in [0.25, 0.3) is 0 Å². The van der Waals surface area contributed by atoms with Crippen LogP contribution in [-0.4, -0.2) is 87.5 Å². The quantitative estimate of drug-likeness (QED) is 0.0261. The highest BCUT2D eigenvalue weighted by Gasteiger charge is 2.44. The van der Waals surface area contributed by atoms with Gasteiger partial charge in [-0.25, -0.2) is 0 Å². The molecule has 0 aromatic heterocycles. The predicted molar refractivity (Wildman–Crippen MR) is 295 cm³/mol. The Morgan fingerprint density at radius 1 is 0.500 bits per heavy atom. The van der Waals surface area contributed by atoms with Crippen LogP contribution in [0.5, 0.6) is 0 Å². The summed E-state index contributed by atoms with van der Waals surface area (Å²) in [4.78, 5) is 13.1. The molecule has 410 valence electrons. The van der Waals surface area contributed by atoms with E-state index in [1.165, 1.54) is 186 Å². The van der Waals surface area contributed by atoms with E-state index in [-0.39, 0.29) is 12.5 Å². The molecule has 1 heterocycles. The number of aliphatic hydroxyl groups excluding tert-OH is 5. The third-order valence-electron chi connectivity index (χ3n) is 14.2. The van der Waals surface area contributed by atoms with Crippen molar-refractivity contribution in [2.75, 3.05) is 13.2 Å². The lowest BCUT2D eigenvalue weighted by atomic mass is 9.99. The fourth-order valence-electron chi connectivity index (χ4n) is 9.51. The first-order valence-electron chi connectivity index (χ1n) is 29.8. The lowest BCUT2D eigenvalue weighted by molar-refractivity contribution is -0.302. The molecule has 1 aliphatic rings. The summed E-state index contributed by atoms with van der Waals surface area (Å²) in [5, 5.41) is 54.8. The van der Waals surface area contributed by atoms with E-state index < -0.39 is 49.5 Å². The van der Waals surface area contributed by atoms with Gasteiger partial charge in [-0.15, -0.1) is 0 Å². The van der Waals surface area contributed by atoms with Gasteiger partial charge in [-0.2, -0.15) is 0 Å². The molecule has 9 heteroatoms. The second-order valence-electron chi connectivity index (χ2n) is 20.8. The third kappa shape index (κ3) is 39.7. The van der Waals surface area contributed by atoms with Crippen LogP contribution in [0.15, 0.2) is 48.6 Å². The SMILES string of the molecule is CC/C=C\C/C=C\C/C=C\C/C=C\CCCCCCCCCCCCCCC(=O)NC(COC1OC(CO)C(O)C(O)C1O)C(O)CCCCCCCCCCCCCCCCCCCCCCCC. The lowest BCUT2D eigenvalue weighted by Gasteiger charge is -2.40. The first-order valence-corrected chi connectivity index (χ1v) is 29.8. The van der Waals surface area contributed by atoms with Crippen LogP contribution in [0.2, 0.25) is 0 Å². The molecule has 0 bridgehead atoms. The van der Waals surface area contributed by atoms with E-state index in [2.05, 4.69) is 67.8 Å². The number of carbonyl (C=O) groups is 1. The minimum Gasteiger partial charge on any atom is -0.394 e. The number of hydrogen-bond acceptors (Lipinski definition) is 8. The zero-order valence-corrected chi connectivity index (χ0v) is 45.5. The Kier molecular flexibility index (Phi) is 47.9. The summed E-state index contributed by atoms with van der Waals surface area (Å²) in [6, 6.07) is -0.722. The molecule has 1 rings (SSSR count). The summed E-state index contributed by atoms with van der Waals surface area (Å²) < 4.78 is 11.3. The Hall–Kier alpha value is -1.85. The van der Waals surface area contributed by atoms with Crippen molar-refractivity contribution in [3.05, 3.63) is 48.6 Å². The number of aliphatic hydroxyl groups is 5. The largest absolute Gasteiger partial charge is 0.394 e. The normalized spacial score (nSPS) is 19.7. The van der Waals surface area contributed by atoms with Crippen molar-refractivity contribution in [2.45, 2.75) is 320 Å². The highest BCUT2D eigenvalue weighted by atomic mass is 16.7. The van der Waals surface area contributed by atoms with Gasteiger partial charge in [-0.05, 0) is 51.4 Å². The molecule has 0 aliphatic carbocycles. The van der Waals surface area contributed by atoms with Crippen molar-refractivity contribution in [3.63, 3.8) is 0 Å². The van der Waals surface area contributed by atoms with Crippen LogP contribution in [0, 0.1) is 0 Å². The third-order valence-corrected chi connectivity index (χ3v) is 14.2. The predicted octanol–water partition coefficient (Wildman–Crippen LogP) is 14.9. The molecule has 70 heavy (non-hydrogen) atoms. The van der Waals surface area contributed by atoms with Gasteiger partial charge in [0.15, 0.2) is 6.29 Å². The van der Waals surface area contributed by atoms with Gasteiger partial charge in [0, 0.05) is 6.42 Å². The number of amides is 1. The van der Waals surface area contributed by atoms with Gasteiger partial charge in [-0.3, -0.25) is 4.79 Å². The molecular formula is C61H113NO8. The molecule has 1 saturated heterocycles. The van der Waals surface area contributed by atoms with Crippen LogP contribution >= 0.6 is 0 Å². The molecular weight excluding hydrogens is 875 g/mol. The number of allylic oxidation sites excluding steroid dienone is 8. The minimum atomic E-state index is -1.55. The molecule has 0 aromatic rings. The fraction of sp³-hybridized carbons (Fsp3) is 0.852. The number of nitrogens with one attached hydrogen (secondary N) is 1. The van der Waals surface area contributed by atoms with Crippen molar-refractivity contribution in [1.29, 1.82) is 0 Å². The summed E-state index contributed by atoms with van der Waals surface area (Å²) in [5.74, 6) is -0.144. The van der Waals surface area contributed by atoms with Crippen LogP contribution in [0.1, 0.15) is 277 Å². The number of carbonyl (C=O) groups excluding carboxylic acids is 1. The minimum absolute atomic E-state index is 0.138. The maximum atomic E-state index is 13.1. The monoisotopic (exact) mass is 988 g/mol. The van der Waals surface area contributed by atoms with Crippen molar-refractivity contribution >= 4 is 5.91 Å². The second-order valence-corrected chi connectivity index (χ2v) is 20.8. The smallest absolute Gasteiger partial charge is 0.220 e. The Balaban J connectivity index is 2.19. The molecule has 1 fully saturated rings. The number of hydrogen-bond donors (Lipinski definition) is 6. The highest BCUT2D eigenvalue weighted by Crippen LogP contribution is 2.23. The summed E-state index contributed by atoms with van der Waals surface area (Å²) in [7, 11) is 0. The summed E-state index contributed by atoms with van der Waals surface area (Å²) in [6.07, 6.45) is 59.9. The second kappa shape index (κ2) is 50.7. The Morgan fingerprint density at radius 2 is 0.886 bits per heavy atom. The van der Waals surface area contributed by atoms with Gasteiger partial charge in [-0.1, -0.05) is 268 Å². The number of rotatable bonds is 51. The molecule has 6 N–H and O–H groups in total. The topological polar surface area (TPSA) is 149 Å². The van der Waals surface area contributed by atoms with Gasteiger partial charge in [0.2, 0.25) is 5.91 Å². The standard InChI is InChI=1S/C61H113NO8/c1-3-5-7-9-11-13-15-17-19-21-23-25-27-28-29-31-33-35-37-39-41-43-45-47-49-51-57(65)62-54(53-69-61-60(68)59(67)58(66)56(52-63)70-61)55(64)50-48-46-44-42-40-38-36-34-32-30-26-24-22-20-18-16-14-12-10-8-6-4-2/h5,7,11,13,17,19,23,25,54-56,58-61,63-64,66-68H,3-4,6,8-10,12,14-16,18,20-22,24,26-53H2,1-2H3,(H,62,65)/b7-5-,13-11-,19-17-,25-23-. The van der Waals surface area contributed by atoms with E-state index in [4.69, 9.17) is 9.47 Å². The summed E-state index contributed by atoms with van der Waals surface area (Å²) in [5.41, 5.74) is 0. The van der Waals surface area contributed by atoms with Crippen molar-refractivity contribution < 1.29 is 39.8 Å². The van der Waals surface area contributed by atoms with Crippen LogP contribution in [0.3, 0.4) is 0 Å². The number of ether oxygens (including phenoxy) is 2. The zero-order valence-electron chi connectivity index (χ0n) is 45.5. The average Bonchev–Trinajstić information content (AvgIpc) is 3.36. The highest BCUT2D eigenvalue weighted by molar-refractivity contribution is 5.76. The van der Waals surface area contributed by atoms with Gasteiger partial charge in [0.05, 0.1) is 25.4 Å². The van der Waals surface area contributed by atoms with Gasteiger partial charge < -0.3 is 40.3 Å². The van der Waals surface area contributed by atoms with Crippen LogP contribution in [0.4, 0.5) is 0 Å². The van der Waals surface area contributed by atoms with E-state index >= 15 is 0 Å². The van der Waals surface area contributed by atoms with Crippen LogP contribution < -0.4 is 5.32 Å². The molecule has 0 aromatic carbocycles. The molecule has 0 saturated carbocycles. The molecule has 1 aliphatic heterocycles. The molecule has 1 amide bonds. The fourth-order valence-corrected chi connectivity index (χ4v) is 9.51. The first-order chi connectivity index (χ1) is 34.3. The first kappa shape index (κ1) is 66.2. The molecule has 0 spiro atoms. The molecule has 7 atom stereocenters. The van der Waals surface area contributed by atoms with Crippen molar-refractivity contribution in [3.8, 4) is 0 Å². The van der Waals surface area contributed by atoms with E-state index in [0.29, 0.717) is 12.8 Å². The van der Waals surface area contributed by atoms with Crippen LogP contribution in [-0.2, 0) is 14.3 Å². The van der Waals surface area contributed by atoms with Crippen molar-refractivity contribution in [2.24, 2.45) is 0 Å². The van der Waals surface area contributed by atoms with E-state index in [1.54, 1.807) is 0 Å². The maximum absolute atomic E-state index is 13.1.